The highest BCUT2D eigenvalue weighted by Gasteiger charge is 2.53. The first kappa shape index (κ1) is 17.2. The molecule has 1 unspecified atom stereocenters. The molecule has 0 bridgehead atoms. The van der Waals surface area contributed by atoms with Crippen LogP contribution < -0.4 is 0 Å². The van der Waals surface area contributed by atoms with Crippen LogP contribution in [0.4, 0.5) is 8.78 Å². The highest BCUT2D eigenvalue weighted by Crippen LogP contribution is 2.41. The van der Waals surface area contributed by atoms with Crippen LogP contribution in [0.1, 0.15) is 39.7 Å². The van der Waals surface area contributed by atoms with Crippen LogP contribution in [-0.2, 0) is 15.7 Å². The second kappa shape index (κ2) is 6.51. The molecule has 0 spiro atoms. The van der Waals surface area contributed by atoms with E-state index in [4.69, 9.17) is 9.31 Å². The molecule has 1 atom stereocenters. The molecule has 120 valence electrons. The summed E-state index contributed by atoms with van der Waals surface area (Å²) in [5, 5.41) is 0. The minimum Gasteiger partial charge on any atom is -0.403 e. The van der Waals surface area contributed by atoms with E-state index in [0.717, 1.165) is 11.6 Å². The number of allylic oxidation sites excluding steroid dienone is 1. The standard InChI is InChI=1S/C17H23BF2O2/c1-16(2)17(3,4)22-18(21-16)14(12-15(19)20)11-10-13-8-6-5-7-9-13/h5-9,12,14H,10-11H2,1-4H3. The summed E-state index contributed by atoms with van der Waals surface area (Å²) in [7, 11) is -0.643. The molecule has 1 aliphatic heterocycles. The molecule has 0 saturated carbocycles. The number of benzene rings is 1. The van der Waals surface area contributed by atoms with E-state index in [1.807, 2.05) is 58.0 Å². The predicted molar refractivity (Wildman–Crippen MR) is 84.9 cm³/mol. The predicted octanol–water partition coefficient (Wildman–Crippen LogP) is 4.86. The molecule has 1 aliphatic rings. The second-order valence-corrected chi connectivity index (χ2v) is 6.77. The van der Waals surface area contributed by atoms with Gasteiger partial charge in [-0.05, 0) is 52.2 Å². The van der Waals surface area contributed by atoms with Gasteiger partial charge in [-0.25, -0.2) is 0 Å². The third-order valence-electron chi connectivity index (χ3n) is 4.57. The first-order valence-electron chi connectivity index (χ1n) is 7.64. The molecule has 2 nitrogen and oxygen atoms in total. The van der Waals surface area contributed by atoms with Gasteiger partial charge in [0.15, 0.2) is 0 Å². The van der Waals surface area contributed by atoms with Crippen molar-refractivity contribution in [2.45, 2.75) is 57.6 Å². The lowest BCUT2D eigenvalue weighted by Gasteiger charge is -2.32. The Bertz CT molecular complexity index is 509. The van der Waals surface area contributed by atoms with Crippen LogP contribution in [0.3, 0.4) is 0 Å². The molecule has 5 heteroatoms. The average Bonchev–Trinajstić information content (AvgIpc) is 2.64. The summed E-state index contributed by atoms with van der Waals surface area (Å²) >= 11 is 0. The molecule has 0 aromatic heterocycles. The fourth-order valence-corrected chi connectivity index (χ4v) is 2.50. The Labute approximate surface area is 131 Å². The third kappa shape index (κ3) is 3.96. The lowest BCUT2D eigenvalue weighted by molar-refractivity contribution is 0.00578. The van der Waals surface area contributed by atoms with Gasteiger partial charge in [0.2, 0.25) is 0 Å². The largest absolute Gasteiger partial charge is 0.465 e. The van der Waals surface area contributed by atoms with Gasteiger partial charge < -0.3 is 9.31 Å². The molecule has 1 aromatic carbocycles. The highest BCUT2D eigenvalue weighted by atomic mass is 19.3. The van der Waals surface area contributed by atoms with Crippen LogP contribution in [0.15, 0.2) is 42.5 Å². The van der Waals surface area contributed by atoms with Crippen LogP contribution in [0.5, 0.6) is 0 Å². The van der Waals surface area contributed by atoms with Gasteiger partial charge >= 0.3 is 7.12 Å². The lowest BCUT2D eigenvalue weighted by Crippen LogP contribution is -2.41. The monoisotopic (exact) mass is 308 g/mol. The molecule has 1 saturated heterocycles. The summed E-state index contributed by atoms with van der Waals surface area (Å²) < 4.78 is 37.4. The van der Waals surface area contributed by atoms with Crippen molar-refractivity contribution in [3.63, 3.8) is 0 Å². The molecule has 2 rings (SSSR count). The minimum atomic E-state index is -1.69. The number of aryl methyl sites for hydroxylation is 1. The van der Waals surface area contributed by atoms with Crippen molar-refractivity contribution in [2.24, 2.45) is 0 Å². The Hall–Kier alpha value is -1.20. The fraction of sp³-hybridized carbons (Fsp3) is 0.529. The molecule has 0 amide bonds. The SMILES string of the molecule is CC1(C)OB(C(C=C(F)F)CCc2ccccc2)OC1(C)C. The Kier molecular flexibility index (Phi) is 5.08. The van der Waals surface area contributed by atoms with Gasteiger partial charge in [-0.2, -0.15) is 8.78 Å². The zero-order valence-electron chi connectivity index (χ0n) is 13.6. The molecular formula is C17H23BF2O2. The third-order valence-corrected chi connectivity index (χ3v) is 4.57. The maximum Gasteiger partial charge on any atom is 0.465 e. The molecule has 0 N–H and O–H groups in total. The summed E-state index contributed by atoms with van der Waals surface area (Å²) in [5.41, 5.74) is 0.101. The van der Waals surface area contributed by atoms with E-state index in [1.54, 1.807) is 0 Å². The first-order chi connectivity index (χ1) is 10.2. The molecule has 1 fully saturated rings. The van der Waals surface area contributed by atoms with Gasteiger partial charge in [-0.1, -0.05) is 30.3 Å². The van der Waals surface area contributed by atoms with E-state index in [9.17, 15) is 8.78 Å². The summed E-state index contributed by atoms with van der Waals surface area (Å²) in [6.07, 6.45) is 0.538. The highest BCUT2D eigenvalue weighted by molar-refractivity contribution is 6.48. The molecule has 1 heterocycles. The van der Waals surface area contributed by atoms with Crippen molar-refractivity contribution in [1.29, 1.82) is 0 Å². The Balaban J connectivity index is 2.09. The number of rotatable bonds is 5. The van der Waals surface area contributed by atoms with E-state index in [2.05, 4.69) is 0 Å². The van der Waals surface area contributed by atoms with Crippen molar-refractivity contribution >= 4 is 7.12 Å². The maximum atomic E-state index is 12.8. The smallest absolute Gasteiger partial charge is 0.403 e. The van der Waals surface area contributed by atoms with Crippen molar-refractivity contribution in [1.82, 2.24) is 0 Å². The number of hydrogen-bond donors (Lipinski definition) is 0. The van der Waals surface area contributed by atoms with E-state index >= 15 is 0 Å². The molecule has 0 aliphatic carbocycles. The first-order valence-corrected chi connectivity index (χ1v) is 7.64. The summed E-state index contributed by atoms with van der Waals surface area (Å²) in [6.45, 7) is 7.71. The minimum absolute atomic E-state index is 0.466. The van der Waals surface area contributed by atoms with Crippen molar-refractivity contribution in [3.8, 4) is 0 Å². The quantitative estimate of drug-likeness (QED) is 0.723. The van der Waals surface area contributed by atoms with Gasteiger partial charge in [0.1, 0.15) is 0 Å². The number of hydrogen-bond acceptors (Lipinski definition) is 2. The van der Waals surface area contributed by atoms with Gasteiger partial charge in [0.05, 0.1) is 11.2 Å². The number of halogens is 2. The molecular weight excluding hydrogens is 285 g/mol. The van der Waals surface area contributed by atoms with Gasteiger partial charge in [-0.15, -0.1) is 0 Å². The van der Waals surface area contributed by atoms with E-state index in [1.165, 1.54) is 0 Å². The van der Waals surface area contributed by atoms with Crippen LogP contribution in [-0.4, -0.2) is 18.3 Å². The average molecular weight is 308 g/mol. The zero-order chi connectivity index (χ0) is 16.4. The molecule has 1 aromatic rings. The summed E-state index contributed by atoms with van der Waals surface area (Å²) in [5.74, 6) is -0.466. The van der Waals surface area contributed by atoms with E-state index in [-0.39, 0.29) is 0 Å². The Morgan fingerprint density at radius 2 is 1.64 bits per heavy atom. The summed E-state index contributed by atoms with van der Waals surface area (Å²) in [6, 6.07) is 9.83. The molecule has 0 radical (unpaired) electrons. The van der Waals surface area contributed by atoms with E-state index < -0.39 is 30.2 Å². The van der Waals surface area contributed by atoms with E-state index in [0.29, 0.717) is 12.8 Å². The normalized spacial score (nSPS) is 20.7. The van der Waals surface area contributed by atoms with Crippen LogP contribution in [0, 0.1) is 0 Å². The Morgan fingerprint density at radius 1 is 1.09 bits per heavy atom. The summed E-state index contributed by atoms with van der Waals surface area (Å²) in [4.78, 5) is 0. The van der Waals surface area contributed by atoms with Gasteiger partial charge in [-0.3, -0.25) is 0 Å². The van der Waals surface area contributed by atoms with Crippen molar-refractivity contribution in [3.05, 3.63) is 48.1 Å². The van der Waals surface area contributed by atoms with Crippen molar-refractivity contribution in [2.75, 3.05) is 0 Å². The Morgan fingerprint density at radius 3 is 2.14 bits per heavy atom. The maximum absolute atomic E-state index is 12.8. The van der Waals surface area contributed by atoms with Crippen molar-refractivity contribution < 1.29 is 18.1 Å². The second-order valence-electron chi connectivity index (χ2n) is 6.77. The van der Waals surface area contributed by atoms with Gasteiger partial charge in [0.25, 0.3) is 6.08 Å². The van der Waals surface area contributed by atoms with Crippen LogP contribution >= 0.6 is 0 Å². The molecule has 22 heavy (non-hydrogen) atoms. The van der Waals surface area contributed by atoms with Crippen LogP contribution in [0.2, 0.25) is 5.82 Å². The fourth-order valence-electron chi connectivity index (χ4n) is 2.50. The zero-order valence-corrected chi connectivity index (χ0v) is 13.6. The van der Waals surface area contributed by atoms with Crippen LogP contribution in [0.25, 0.3) is 0 Å². The topological polar surface area (TPSA) is 18.5 Å². The lowest BCUT2D eigenvalue weighted by atomic mass is 9.69. The van der Waals surface area contributed by atoms with Gasteiger partial charge in [0, 0.05) is 5.82 Å².